The van der Waals surface area contributed by atoms with Crippen LogP contribution in [-0.4, -0.2) is 37.9 Å². The predicted molar refractivity (Wildman–Crippen MR) is 99.6 cm³/mol. The van der Waals surface area contributed by atoms with Crippen molar-refractivity contribution in [3.05, 3.63) is 72.3 Å². The Morgan fingerprint density at radius 1 is 1.19 bits per heavy atom. The molecule has 3 rings (SSSR count). The van der Waals surface area contributed by atoms with Gasteiger partial charge in [-0.15, -0.1) is 10.2 Å². The van der Waals surface area contributed by atoms with Crippen molar-refractivity contribution in [2.24, 2.45) is 0 Å². The number of amides is 1. The number of carbonyl (C=O) groups is 1. The first-order chi connectivity index (χ1) is 12.7. The fourth-order valence-electron chi connectivity index (χ4n) is 2.54. The lowest BCUT2D eigenvalue weighted by Gasteiger charge is -2.20. The zero-order valence-corrected chi connectivity index (χ0v) is 15.2. The summed E-state index contributed by atoms with van der Waals surface area (Å²) in [7, 11) is 0. The number of hydrogen-bond acceptors (Lipinski definition) is 4. The lowest BCUT2D eigenvalue weighted by atomic mass is 10.2. The van der Waals surface area contributed by atoms with Gasteiger partial charge in [-0.05, 0) is 36.8 Å². The van der Waals surface area contributed by atoms with Crippen LogP contribution in [-0.2, 0) is 11.3 Å². The third-order valence-corrected chi connectivity index (χ3v) is 4.80. The van der Waals surface area contributed by atoms with E-state index in [0.29, 0.717) is 18.2 Å². The molecule has 1 amide bonds. The number of hydrogen-bond donors (Lipinski definition) is 0. The Balaban J connectivity index is 1.64. The number of carbonyl (C=O) groups excluding carboxylic acids is 1. The quantitative estimate of drug-likeness (QED) is 0.597. The normalized spacial score (nSPS) is 10.7. The molecule has 0 saturated heterocycles. The van der Waals surface area contributed by atoms with Crippen LogP contribution >= 0.6 is 11.8 Å². The van der Waals surface area contributed by atoms with Gasteiger partial charge in [-0.1, -0.05) is 42.1 Å². The fraction of sp³-hybridized carbons (Fsp3) is 0.211. The Morgan fingerprint density at radius 3 is 2.73 bits per heavy atom. The summed E-state index contributed by atoms with van der Waals surface area (Å²) in [6.07, 6.45) is 1.63. The summed E-state index contributed by atoms with van der Waals surface area (Å²) in [5, 5.41) is 8.70. The van der Waals surface area contributed by atoms with E-state index in [4.69, 9.17) is 0 Å². The largest absolute Gasteiger partial charge is 0.338 e. The number of aromatic nitrogens is 3. The molecule has 0 aliphatic rings. The molecule has 0 aliphatic heterocycles. The van der Waals surface area contributed by atoms with Crippen LogP contribution in [0.5, 0.6) is 0 Å². The highest BCUT2D eigenvalue weighted by molar-refractivity contribution is 7.99. The Kier molecular flexibility index (Phi) is 6.01. The van der Waals surface area contributed by atoms with Crippen LogP contribution in [0.15, 0.2) is 66.1 Å². The van der Waals surface area contributed by atoms with E-state index in [9.17, 15) is 9.18 Å². The topological polar surface area (TPSA) is 51.0 Å². The van der Waals surface area contributed by atoms with Gasteiger partial charge in [0.25, 0.3) is 0 Å². The monoisotopic (exact) mass is 370 g/mol. The van der Waals surface area contributed by atoms with Crippen molar-refractivity contribution in [1.29, 1.82) is 0 Å². The molecule has 26 heavy (non-hydrogen) atoms. The van der Waals surface area contributed by atoms with E-state index in [0.717, 1.165) is 11.3 Å². The average molecular weight is 370 g/mol. The van der Waals surface area contributed by atoms with Gasteiger partial charge in [0.05, 0.1) is 5.75 Å². The lowest BCUT2D eigenvalue weighted by Crippen LogP contribution is -2.31. The molecule has 0 bridgehead atoms. The third kappa shape index (κ3) is 4.49. The maximum Gasteiger partial charge on any atom is 0.233 e. The number of halogens is 1. The van der Waals surface area contributed by atoms with Crippen LogP contribution in [0.3, 0.4) is 0 Å². The van der Waals surface area contributed by atoms with Crippen LogP contribution < -0.4 is 0 Å². The van der Waals surface area contributed by atoms with E-state index < -0.39 is 0 Å². The Labute approximate surface area is 155 Å². The molecule has 5 nitrogen and oxygen atoms in total. The highest BCUT2D eigenvalue weighted by atomic mass is 32.2. The SMILES string of the molecule is CCN(Cc1cccc(F)c1)C(=O)CSc1nncn1-c1ccccc1. The molecule has 0 spiro atoms. The van der Waals surface area contributed by atoms with Gasteiger partial charge in [0, 0.05) is 18.8 Å². The van der Waals surface area contributed by atoms with Gasteiger partial charge in [-0.25, -0.2) is 4.39 Å². The van der Waals surface area contributed by atoms with E-state index in [2.05, 4.69) is 10.2 Å². The van der Waals surface area contributed by atoms with Crippen molar-refractivity contribution >= 4 is 17.7 Å². The predicted octanol–water partition coefficient (Wildman–Crippen LogP) is 3.55. The second-order valence-corrected chi connectivity index (χ2v) is 6.59. The minimum atomic E-state index is -0.295. The third-order valence-electron chi connectivity index (χ3n) is 3.87. The molecule has 2 aromatic carbocycles. The first-order valence-corrected chi connectivity index (χ1v) is 9.26. The lowest BCUT2D eigenvalue weighted by molar-refractivity contribution is -0.128. The Hall–Kier alpha value is -2.67. The molecule has 0 N–H and O–H groups in total. The minimum Gasteiger partial charge on any atom is -0.338 e. The van der Waals surface area contributed by atoms with Crippen LogP contribution in [0.4, 0.5) is 4.39 Å². The van der Waals surface area contributed by atoms with Gasteiger partial charge in [0.15, 0.2) is 5.16 Å². The molecule has 1 aromatic heterocycles. The highest BCUT2D eigenvalue weighted by Crippen LogP contribution is 2.20. The van der Waals surface area contributed by atoms with Crippen molar-refractivity contribution in [2.75, 3.05) is 12.3 Å². The van der Waals surface area contributed by atoms with Crippen LogP contribution in [0.25, 0.3) is 5.69 Å². The summed E-state index contributed by atoms with van der Waals surface area (Å²) in [6, 6.07) is 16.0. The van der Waals surface area contributed by atoms with Gasteiger partial charge < -0.3 is 4.90 Å². The maximum atomic E-state index is 13.3. The summed E-state index contributed by atoms with van der Waals surface area (Å²) in [5.41, 5.74) is 1.72. The standard InChI is InChI=1S/C19H19FN4OS/c1-2-23(12-15-7-6-8-16(20)11-15)18(25)13-26-19-22-21-14-24(19)17-9-4-3-5-10-17/h3-11,14H,2,12-13H2,1H3. The van der Waals surface area contributed by atoms with E-state index in [-0.39, 0.29) is 17.5 Å². The molecular weight excluding hydrogens is 351 g/mol. The smallest absolute Gasteiger partial charge is 0.233 e. The van der Waals surface area contributed by atoms with Crippen LogP contribution in [0, 0.1) is 5.82 Å². The number of thioether (sulfide) groups is 1. The molecule has 0 unspecified atom stereocenters. The molecule has 3 aromatic rings. The summed E-state index contributed by atoms with van der Waals surface area (Å²) in [6.45, 7) is 2.86. The number of rotatable bonds is 7. The van der Waals surface area contributed by atoms with Crippen molar-refractivity contribution in [3.8, 4) is 5.69 Å². The molecule has 1 heterocycles. The molecule has 0 atom stereocenters. The second-order valence-electron chi connectivity index (χ2n) is 5.65. The van der Waals surface area contributed by atoms with Crippen molar-refractivity contribution < 1.29 is 9.18 Å². The zero-order valence-electron chi connectivity index (χ0n) is 14.4. The first-order valence-electron chi connectivity index (χ1n) is 8.28. The maximum absolute atomic E-state index is 13.3. The molecule has 0 radical (unpaired) electrons. The fourth-order valence-corrected chi connectivity index (χ4v) is 3.37. The number of nitrogens with zero attached hydrogens (tertiary/aromatic N) is 4. The number of para-hydroxylation sites is 1. The average Bonchev–Trinajstić information content (AvgIpc) is 3.13. The molecule has 7 heteroatoms. The molecule has 0 fully saturated rings. The van der Waals surface area contributed by atoms with E-state index in [1.54, 1.807) is 17.3 Å². The zero-order chi connectivity index (χ0) is 18.4. The van der Waals surface area contributed by atoms with Gasteiger partial charge in [0.2, 0.25) is 5.91 Å². The summed E-state index contributed by atoms with van der Waals surface area (Å²) < 4.78 is 15.2. The van der Waals surface area contributed by atoms with Gasteiger partial charge in [-0.2, -0.15) is 0 Å². The van der Waals surface area contributed by atoms with Crippen LogP contribution in [0.1, 0.15) is 12.5 Å². The Morgan fingerprint density at radius 2 is 2.00 bits per heavy atom. The van der Waals surface area contributed by atoms with Crippen molar-refractivity contribution in [2.45, 2.75) is 18.6 Å². The highest BCUT2D eigenvalue weighted by Gasteiger charge is 2.15. The molecule has 134 valence electrons. The summed E-state index contributed by atoms with van der Waals surface area (Å²) in [5.74, 6) is -0.0741. The molecule has 0 aliphatic carbocycles. The van der Waals surface area contributed by atoms with E-state index in [1.165, 1.54) is 23.9 Å². The van der Waals surface area contributed by atoms with Gasteiger partial charge in [0.1, 0.15) is 12.1 Å². The van der Waals surface area contributed by atoms with Gasteiger partial charge >= 0.3 is 0 Å². The first kappa shape index (κ1) is 18.1. The van der Waals surface area contributed by atoms with Crippen molar-refractivity contribution in [3.63, 3.8) is 0 Å². The van der Waals surface area contributed by atoms with Crippen molar-refractivity contribution in [1.82, 2.24) is 19.7 Å². The molecular formula is C19H19FN4OS. The Bertz CT molecular complexity index is 869. The van der Waals surface area contributed by atoms with Gasteiger partial charge in [-0.3, -0.25) is 9.36 Å². The van der Waals surface area contributed by atoms with Crippen LogP contribution in [0.2, 0.25) is 0 Å². The molecule has 0 saturated carbocycles. The second kappa shape index (κ2) is 8.62. The minimum absolute atomic E-state index is 0.0237. The summed E-state index contributed by atoms with van der Waals surface area (Å²) in [4.78, 5) is 14.3. The van der Waals surface area contributed by atoms with E-state index >= 15 is 0 Å². The number of benzene rings is 2. The van der Waals surface area contributed by atoms with E-state index in [1.807, 2.05) is 47.9 Å². The summed E-state index contributed by atoms with van der Waals surface area (Å²) >= 11 is 1.34.